The molecule has 72 heavy (non-hydrogen) atoms. The summed E-state index contributed by atoms with van der Waals surface area (Å²) in [4.78, 5) is 64.0. The van der Waals surface area contributed by atoms with Gasteiger partial charge in [-0.05, 0) is 54.7 Å². The van der Waals surface area contributed by atoms with Crippen molar-refractivity contribution < 1.29 is 29.0 Å². The number of nitriles is 1. The molecule has 2 aromatic carbocycles. The number of amides is 3. The summed E-state index contributed by atoms with van der Waals surface area (Å²) in [7, 11) is 0. The molecular weight excluding hydrogens is 954 g/mol. The van der Waals surface area contributed by atoms with Gasteiger partial charge in [0.25, 0.3) is 5.91 Å². The van der Waals surface area contributed by atoms with Crippen LogP contribution in [0.15, 0.2) is 91.1 Å². The van der Waals surface area contributed by atoms with Crippen LogP contribution in [-0.2, 0) is 9.59 Å². The largest absolute Gasteiger partial charge is 0.489 e. The highest BCUT2D eigenvalue weighted by Crippen LogP contribution is 2.55. The number of anilines is 1. The van der Waals surface area contributed by atoms with Gasteiger partial charge in [-0.25, -0.2) is 19.9 Å². The molecule has 4 aromatic heterocycles. The van der Waals surface area contributed by atoms with Gasteiger partial charge < -0.3 is 35.0 Å². The molecule has 1 aliphatic carbocycles. The van der Waals surface area contributed by atoms with E-state index >= 15 is 0 Å². The lowest BCUT2D eigenvalue weighted by molar-refractivity contribution is -0.164. The van der Waals surface area contributed by atoms with Crippen molar-refractivity contribution in [3.05, 3.63) is 118 Å². The lowest BCUT2D eigenvalue weighted by Crippen LogP contribution is -2.74. The standard InChI is InChI=1S/C53H58ClN11O6S/c1-29(2)44(48(69)64-25-38(66)18-42(64)47(68)61-30(3)32-9-11-33(12-10-32)45-31(4)59-28-72-45)65-24-37(23-60-65)34-15-16-56-43(17-34)70-40-26-63(27-40)51-57-21-36(22-58-51)46(67)62-49-52(5,6)50(53(49,7)8)71-39-14-13-35(20-55)41(54)19-39/h9-17,19,21-24,28-30,38,40,42,44,49-50,66H,18,25-27H2,1-8H3,(H,61,68)(H,62,67)/t30-,38+,42-,44?,49?,50?/m0/s1. The predicted molar refractivity (Wildman–Crippen MR) is 272 cm³/mol. The molecule has 1 saturated carbocycles. The molecule has 2 aliphatic heterocycles. The number of nitrogens with one attached hydrogen (secondary N) is 2. The van der Waals surface area contributed by atoms with Gasteiger partial charge in [-0.2, -0.15) is 10.4 Å². The predicted octanol–water partition coefficient (Wildman–Crippen LogP) is 7.61. The van der Waals surface area contributed by atoms with Crippen molar-refractivity contribution in [3.63, 3.8) is 0 Å². The number of ether oxygens (including phenoxy) is 2. The Morgan fingerprint density at radius 1 is 0.903 bits per heavy atom. The first kappa shape index (κ1) is 50.0. The topological polar surface area (TPSA) is 214 Å². The number of likely N-dealkylation sites (tertiary alicyclic amines) is 1. The number of hydrogen-bond donors (Lipinski definition) is 3. The van der Waals surface area contributed by atoms with Crippen molar-refractivity contribution in [1.29, 1.82) is 5.26 Å². The lowest BCUT2D eigenvalue weighted by Gasteiger charge is -2.63. The minimum absolute atomic E-state index is 0.0414. The maximum Gasteiger partial charge on any atom is 0.254 e. The maximum atomic E-state index is 14.4. The van der Waals surface area contributed by atoms with Crippen LogP contribution in [0.2, 0.25) is 5.02 Å². The summed E-state index contributed by atoms with van der Waals surface area (Å²) in [6.07, 6.45) is 7.08. The second kappa shape index (κ2) is 19.9. The molecular formula is C53H58ClN11O6S. The van der Waals surface area contributed by atoms with Crippen LogP contribution in [0.25, 0.3) is 21.6 Å². The van der Waals surface area contributed by atoms with Crippen LogP contribution in [0, 0.1) is 35.0 Å². The average molecular weight is 1010 g/mol. The number of hydrogen-bond acceptors (Lipinski definition) is 14. The first-order valence-electron chi connectivity index (χ1n) is 24.0. The zero-order valence-electron chi connectivity index (χ0n) is 41.4. The Bertz CT molecular complexity index is 3000. The number of nitrogens with zero attached hydrogens (tertiary/aromatic N) is 9. The van der Waals surface area contributed by atoms with Gasteiger partial charge in [-0.1, -0.05) is 77.4 Å². The first-order chi connectivity index (χ1) is 34.3. The number of pyridine rings is 1. The minimum Gasteiger partial charge on any atom is -0.489 e. The second-order valence-corrected chi connectivity index (χ2v) is 21.8. The monoisotopic (exact) mass is 1010 g/mol. The van der Waals surface area contributed by atoms with Gasteiger partial charge in [-0.3, -0.25) is 19.1 Å². The van der Waals surface area contributed by atoms with E-state index < -0.39 is 29.0 Å². The van der Waals surface area contributed by atoms with Crippen LogP contribution < -0.4 is 25.0 Å². The molecule has 3 fully saturated rings. The molecule has 3 N–H and O–H groups in total. The number of thiazole rings is 1. The fourth-order valence-electron chi connectivity index (χ4n) is 10.6. The van der Waals surface area contributed by atoms with Gasteiger partial charge in [-0.15, -0.1) is 11.3 Å². The van der Waals surface area contributed by atoms with Crippen molar-refractivity contribution >= 4 is 46.6 Å². The number of benzene rings is 2. The third kappa shape index (κ3) is 9.85. The summed E-state index contributed by atoms with van der Waals surface area (Å²) < 4.78 is 14.3. The van der Waals surface area contributed by atoms with Crippen molar-refractivity contribution in [2.45, 2.75) is 104 Å². The molecule has 374 valence electrons. The highest BCUT2D eigenvalue weighted by molar-refractivity contribution is 7.13. The minimum atomic E-state index is -0.844. The summed E-state index contributed by atoms with van der Waals surface area (Å²) >= 11 is 7.84. The fraction of sp³-hybridized carbons (Fsp3) is 0.415. The molecule has 6 aromatic rings. The van der Waals surface area contributed by atoms with E-state index in [1.807, 2.05) is 108 Å². The van der Waals surface area contributed by atoms with E-state index in [2.05, 4.69) is 41.7 Å². The lowest BCUT2D eigenvalue weighted by atomic mass is 9.49. The zero-order chi connectivity index (χ0) is 51.2. The van der Waals surface area contributed by atoms with Crippen molar-refractivity contribution in [2.24, 2.45) is 16.7 Å². The quantitative estimate of drug-likeness (QED) is 0.0905. The molecule has 0 radical (unpaired) electrons. The summed E-state index contributed by atoms with van der Waals surface area (Å²) in [6.45, 7) is 17.0. The van der Waals surface area contributed by atoms with Gasteiger partial charge in [0.1, 0.15) is 36.1 Å². The number of carbonyl (C=O) groups is 3. The second-order valence-electron chi connectivity index (χ2n) is 20.5. The number of halogens is 1. The van der Waals surface area contributed by atoms with Crippen LogP contribution in [-0.4, -0.2) is 107 Å². The first-order valence-corrected chi connectivity index (χ1v) is 25.3. The smallest absolute Gasteiger partial charge is 0.254 e. The van der Waals surface area contributed by atoms with Crippen LogP contribution in [0.4, 0.5) is 5.95 Å². The molecule has 17 nitrogen and oxygen atoms in total. The van der Waals surface area contributed by atoms with E-state index in [0.717, 1.165) is 32.8 Å². The molecule has 3 aliphatic rings. The number of aryl methyl sites for hydroxylation is 1. The van der Waals surface area contributed by atoms with Gasteiger partial charge in [0.15, 0.2) is 0 Å². The van der Waals surface area contributed by atoms with Gasteiger partial charge >= 0.3 is 0 Å². The fourth-order valence-corrected chi connectivity index (χ4v) is 11.7. The summed E-state index contributed by atoms with van der Waals surface area (Å²) in [5.41, 5.74) is 6.18. The molecule has 2 saturated heterocycles. The van der Waals surface area contributed by atoms with E-state index in [0.29, 0.717) is 46.8 Å². The molecule has 3 amide bonds. The van der Waals surface area contributed by atoms with Gasteiger partial charge in [0.2, 0.25) is 23.6 Å². The zero-order valence-corrected chi connectivity index (χ0v) is 43.0. The summed E-state index contributed by atoms with van der Waals surface area (Å²) in [6, 6.07) is 16.6. The van der Waals surface area contributed by atoms with Crippen LogP contribution in [0.5, 0.6) is 11.6 Å². The highest BCUT2D eigenvalue weighted by atomic mass is 35.5. The molecule has 4 atom stereocenters. The van der Waals surface area contributed by atoms with E-state index in [1.54, 1.807) is 46.6 Å². The number of aliphatic hydroxyl groups is 1. The Hall–Kier alpha value is -6.94. The Balaban J connectivity index is 0.776. The maximum absolute atomic E-state index is 14.4. The number of aliphatic hydroxyl groups excluding tert-OH is 1. The Morgan fingerprint density at radius 2 is 1.62 bits per heavy atom. The van der Waals surface area contributed by atoms with Crippen molar-refractivity contribution in [2.75, 3.05) is 24.5 Å². The molecule has 0 spiro atoms. The van der Waals surface area contributed by atoms with Gasteiger partial charge in [0, 0.05) is 72.3 Å². The normalized spacial score (nSPS) is 21.0. The Morgan fingerprint density at radius 3 is 2.28 bits per heavy atom. The number of aromatic nitrogens is 6. The van der Waals surface area contributed by atoms with Crippen molar-refractivity contribution in [1.82, 2.24) is 45.2 Å². The SMILES string of the molecule is Cc1ncsc1-c1ccc([C@H](C)NC(=O)[C@@H]2C[C@@H](O)CN2C(=O)C(C(C)C)n2cc(-c3ccnc(OC4CN(c5ncc(C(=O)NC6C(C)(C)C(Oc7ccc(C#N)c(Cl)c7)C6(C)C)cn5)C4)c3)cn2)cc1. The van der Waals surface area contributed by atoms with Crippen molar-refractivity contribution in [3.8, 4) is 39.3 Å². The Kier molecular flexibility index (Phi) is 13.8. The van der Waals surface area contributed by atoms with Crippen LogP contribution in [0.1, 0.15) is 94.1 Å². The third-order valence-corrected chi connectivity index (χ3v) is 15.5. The number of rotatable bonds is 15. The van der Waals surface area contributed by atoms with Gasteiger partial charge in [0.05, 0.1) is 63.7 Å². The summed E-state index contributed by atoms with van der Waals surface area (Å²) in [5, 5.41) is 31.2. The van der Waals surface area contributed by atoms with Crippen LogP contribution in [0.3, 0.4) is 0 Å². The number of β-amino-alcohol motifs (C(OH)–C–C–N with tert-alkyl or cyclic N) is 1. The third-order valence-electron chi connectivity index (χ3n) is 14.2. The Labute approximate surface area is 427 Å². The van der Waals surface area contributed by atoms with E-state index in [9.17, 15) is 24.8 Å². The molecule has 6 heterocycles. The molecule has 19 heteroatoms. The van der Waals surface area contributed by atoms with Crippen LogP contribution >= 0.6 is 22.9 Å². The van der Waals surface area contributed by atoms with E-state index in [4.69, 9.17) is 21.1 Å². The summed E-state index contributed by atoms with van der Waals surface area (Å²) in [5.74, 6) is 0.366. The molecule has 1 unspecified atom stereocenters. The highest BCUT2D eigenvalue weighted by Gasteiger charge is 2.64. The van der Waals surface area contributed by atoms with E-state index in [-0.39, 0.29) is 60.9 Å². The average Bonchev–Trinajstić information content (AvgIpc) is 4.11. The van der Waals surface area contributed by atoms with E-state index in [1.165, 1.54) is 17.3 Å². The molecule has 0 bridgehead atoms. The number of carbonyl (C=O) groups excluding carboxylic acids is 3. The molecule has 9 rings (SSSR count).